The van der Waals surface area contributed by atoms with E-state index in [9.17, 15) is 18.7 Å². The Morgan fingerprint density at radius 1 is 1.19 bits per heavy atom. The Morgan fingerprint density at radius 2 is 1.92 bits per heavy atom. The fourth-order valence-corrected chi connectivity index (χ4v) is 5.47. The maximum atomic E-state index is 15.7. The second-order valence-electron chi connectivity index (χ2n) is 8.95. The monoisotopic (exact) mass is 536 g/mol. The molecule has 2 aliphatic rings. The van der Waals surface area contributed by atoms with Crippen LogP contribution in [0.15, 0.2) is 48.5 Å². The molecule has 1 amide bonds. The van der Waals surface area contributed by atoms with E-state index in [0.29, 0.717) is 18.5 Å². The maximum Gasteiger partial charge on any atom is 0.387 e. The molecule has 0 aliphatic carbocycles. The van der Waals surface area contributed by atoms with E-state index in [1.165, 1.54) is 0 Å². The number of fused-ring (bicyclic) bond motifs is 1. The number of aliphatic hydroxyl groups excluding tert-OH is 1. The van der Waals surface area contributed by atoms with Gasteiger partial charge in [0.1, 0.15) is 11.6 Å². The van der Waals surface area contributed by atoms with Crippen LogP contribution in [0.2, 0.25) is 5.02 Å². The van der Waals surface area contributed by atoms with E-state index in [1.54, 1.807) is 18.2 Å². The third-order valence-corrected chi connectivity index (χ3v) is 7.16. The third-order valence-electron chi connectivity index (χ3n) is 6.79. The summed E-state index contributed by atoms with van der Waals surface area (Å²) in [6.45, 7) is -3.06. The van der Waals surface area contributed by atoms with Crippen molar-refractivity contribution in [3.8, 4) is 22.6 Å². The highest BCUT2D eigenvalue weighted by molar-refractivity contribution is 6.34. The lowest BCUT2D eigenvalue weighted by atomic mass is 9.80. The Balaban J connectivity index is 1.75. The van der Waals surface area contributed by atoms with Gasteiger partial charge in [-0.05, 0) is 24.1 Å². The number of carbonyl (C=O) groups is 1. The van der Waals surface area contributed by atoms with Crippen LogP contribution in [-0.4, -0.2) is 36.3 Å². The van der Waals surface area contributed by atoms with Gasteiger partial charge in [-0.2, -0.15) is 8.78 Å². The van der Waals surface area contributed by atoms with Gasteiger partial charge < -0.3 is 25.6 Å². The second-order valence-corrected chi connectivity index (χ2v) is 9.33. The average Bonchev–Trinajstić information content (AvgIpc) is 3.46. The topological polar surface area (TPSA) is 93.8 Å². The summed E-state index contributed by atoms with van der Waals surface area (Å²) >= 11 is 6.35. The lowest BCUT2D eigenvalue weighted by Crippen LogP contribution is -2.48. The first kappa shape index (κ1) is 25.3. The molecule has 0 saturated carbocycles. The average molecular weight is 537 g/mol. The highest BCUT2D eigenvalue weighted by Gasteiger charge is 2.51. The van der Waals surface area contributed by atoms with Gasteiger partial charge in [0.15, 0.2) is 17.2 Å². The normalized spacial score (nSPS) is 22.7. The first-order valence-electron chi connectivity index (χ1n) is 11.4. The minimum atomic E-state index is -3.36. The van der Waals surface area contributed by atoms with Gasteiger partial charge in [0.2, 0.25) is 5.91 Å². The van der Waals surface area contributed by atoms with Crippen LogP contribution in [0.4, 0.5) is 17.6 Å². The number of rotatable bonds is 6. The van der Waals surface area contributed by atoms with Gasteiger partial charge in [0.25, 0.3) is 0 Å². The zero-order valence-corrected chi connectivity index (χ0v) is 19.9. The smallest absolute Gasteiger partial charge is 0.387 e. The molecule has 0 radical (unpaired) electrons. The molecule has 11 heteroatoms. The van der Waals surface area contributed by atoms with Crippen molar-refractivity contribution in [1.29, 1.82) is 0 Å². The van der Waals surface area contributed by atoms with Crippen LogP contribution in [0, 0.1) is 11.6 Å². The minimum Gasteiger partial charge on any atom is -0.480 e. The number of amides is 1. The van der Waals surface area contributed by atoms with Crippen molar-refractivity contribution in [2.75, 3.05) is 6.54 Å². The summed E-state index contributed by atoms with van der Waals surface area (Å²) in [4.78, 5) is 12.2. The molecule has 0 spiro atoms. The quantitative estimate of drug-likeness (QED) is 0.402. The van der Waals surface area contributed by atoms with Gasteiger partial charge in [0, 0.05) is 35.7 Å². The Bertz CT molecular complexity index is 1370. The van der Waals surface area contributed by atoms with Crippen LogP contribution in [0.3, 0.4) is 0 Å². The van der Waals surface area contributed by atoms with E-state index in [1.807, 2.05) is 12.1 Å². The molecule has 1 saturated heterocycles. The van der Waals surface area contributed by atoms with E-state index in [-0.39, 0.29) is 23.3 Å². The summed E-state index contributed by atoms with van der Waals surface area (Å²) in [6, 6.07) is 11.5. The number of benzene rings is 3. The number of hydrogen-bond acceptors (Lipinski definition) is 5. The number of halogens is 5. The van der Waals surface area contributed by atoms with E-state index in [2.05, 4.69) is 10.1 Å². The zero-order valence-electron chi connectivity index (χ0n) is 19.1. The Morgan fingerprint density at radius 3 is 2.54 bits per heavy atom. The number of hydrogen-bond donors (Lipinski definition) is 3. The van der Waals surface area contributed by atoms with Gasteiger partial charge >= 0.3 is 6.61 Å². The zero-order chi connectivity index (χ0) is 26.5. The molecular weight excluding hydrogens is 516 g/mol. The number of alkyl halides is 2. The molecule has 6 nitrogen and oxygen atoms in total. The molecule has 37 heavy (non-hydrogen) atoms. The van der Waals surface area contributed by atoms with Crippen molar-refractivity contribution in [3.05, 3.63) is 81.9 Å². The Kier molecular flexibility index (Phi) is 6.51. The molecule has 5 rings (SSSR count). The fraction of sp³-hybridized carbons (Fsp3) is 0.269. The number of aliphatic hydroxyl groups is 1. The van der Waals surface area contributed by atoms with Crippen molar-refractivity contribution in [2.24, 2.45) is 5.73 Å². The summed E-state index contributed by atoms with van der Waals surface area (Å²) in [6.07, 6.45) is -0.309. The Hall–Kier alpha value is -3.34. The predicted octanol–water partition coefficient (Wildman–Crippen LogP) is 4.54. The first-order chi connectivity index (χ1) is 17.6. The fourth-order valence-electron chi connectivity index (χ4n) is 5.21. The minimum absolute atomic E-state index is 0.0268. The number of nitrogens with two attached hydrogens (primary N) is 1. The van der Waals surface area contributed by atoms with Crippen molar-refractivity contribution < 1.29 is 36.9 Å². The van der Waals surface area contributed by atoms with Crippen molar-refractivity contribution in [3.63, 3.8) is 0 Å². The maximum absolute atomic E-state index is 15.7. The van der Waals surface area contributed by atoms with Crippen molar-refractivity contribution in [2.45, 2.75) is 37.2 Å². The number of β-amino-alcohol motifs (C(OH)–C–C–N with tert-alkyl or cyclic N) is 1. The van der Waals surface area contributed by atoms with E-state index in [4.69, 9.17) is 22.1 Å². The lowest BCUT2D eigenvalue weighted by molar-refractivity contribution is -0.0521. The summed E-state index contributed by atoms with van der Waals surface area (Å²) < 4.78 is 67.3. The van der Waals surface area contributed by atoms with Crippen LogP contribution in [0.25, 0.3) is 11.1 Å². The van der Waals surface area contributed by atoms with E-state index in [0.717, 1.165) is 18.2 Å². The molecule has 0 aromatic heterocycles. The largest absolute Gasteiger partial charge is 0.480 e. The summed E-state index contributed by atoms with van der Waals surface area (Å²) in [5.74, 6) is -4.25. The molecular formula is C26H21ClF4N2O4. The number of ether oxygens (including phenoxy) is 2. The molecule has 3 atom stereocenters. The SMILES string of the molecule is NC(=O)c1ccc(OC(F)F)c(F)c1-c1c(Cl)c(F)cc2c1C[C@](c1ccccc1)(C1CC(O)CN1)O2. The summed E-state index contributed by atoms with van der Waals surface area (Å²) in [7, 11) is 0. The van der Waals surface area contributed by atoms with Gasteiger partial charge in [-0.3, -0.25) is 4.79 Å². The van der Waals surface area contributed by atoms with Gasteiger partial charge in [-0.1, -0.05) is 41.9 Å². The van der Waals surface area contributed by atoms with E-state index < -0.39 is 63.8 Å². The predicted molar refractivity (Wildman–Crippen MR) is 127 cm³/mol. The molecule has 3 aromatic carbocycles. The number of carbonyl (C=O) groups excluding carboxylic acids is 1. The summed E-state index contributed by atoms with van der Waals surface area (Å²) in [5.41, 5.74) is 4.02. The van der Waals surface area contributed by atoms with Gasteiger partial charge in [-0.25, -0.2) is 8.78 Å². The molecule has 0 bridgehead atoms. The molecule has 3 aromatic rings. The van der Waals surface area contributed by atoms with Crippen LogP contribution in [0.5, 0.6) is 11.5 Å². The van der Waals surface area contributed by atoms with Crippen molar-refractivity contribution in [1.82, 2.24) is 5.32 Å². The lowest BCUT2D eigenvalue weighted by Gasteiger charge is -2.35. The standard InChI is InChI=1S/C26H21ClF4N2O4/c27-22-16(28)9-18-15(20(22)21-14(24(32)35)6-7-17(23(21)29)36-25(30)31)10-26(37-18,12-4-2-1-3-5-12)19-8-13(34)11-33-19/h1-7,9,13,19,25,33-34H,8,10-11H2,(H2,32,35)/t13?,19?,26-/m0/s1. The van der Waals surface area contributed by atoms with Gasteiger partial charge in [0.05, 0.1) is 22.7 Å². The molecule has 1 fully saturated rings. The van der Waals surface area contributed by atoms with Crippen LogP contribution >= 0.6 is 11.6 Å². The van der Waals surface area contributed by atoms with Crippen LogP contribution in [-0.2, 0) is 12.0 Å². The van der Waals surface area contributed by atoms with Crippen molar-refractivity contribution >= 4 is 17.5 Å². The third kappa shape index (κ3) is 4.28. The number of nitrogens with one attached hydrogen (secondary N) is 1. The second kappa shape index (κ2) is 9.51. The van der Waals surface area contributed by atoms with Gasteiger partial charge in [-0.15, -0.1) is 0 Å². The first-order valence-corrected chi connectivity index (χ1v) is 11.7. The van der Waals surface area contributed by atoms with Crippen LogP contribution < -0.4 is 20.5 Å². The van der Waals surface area contributed by atoms with E-state index >= 15 is 8.78 Å². The summed E-state index contributed by atoms with van der Waals surface area (Å²) in [5, 5.41) is 12.9. The molecule has 194 valence electrons. The molecule has 2 unspecified atom stereocenters. The molecule has 2 heterocycles. The highest BCUT2D eigenvalue weighted by atomic mass is 35.5. The Labute approximate surface area is 213 Å². The molecule has 4 N–H and O–H groups in total. The highest BCUT2D eigenvalue weighted by Crippen LogP contribution is 2.52. The molecule has 2 aliphatic heterocycles. The van der Waals surface area contributed by atoms with Crippen LogP contribution in [0.1, 0.15) is 27.9 Å². The number of primary amides is 1.